The van der Waals surface area contributed by atoms with Gasteiger partial charge in [0.05, 0.1) is 21.3 Å². The molecule has 0 bridgehead atoms. The zero-order valence-corrected chi connectivity index (χ0v) is 21.7. The van der Waals surface area contributed by atoms with Gasteiger partial charge in [-0.2, -0.15) is 0 Å². The molecule has 0 atom stereocenters. The number of nitrogens with zero attached hydrogens (tertiary/aromatic N) is 2. The van der Waals surface area contributed by atoms with Gasteiger partial charge in [-0.3, -0.25) is 9.89 Å². The SMILES string of the molecule is CN=C(NCCc1ccc(OC)c(OC)c1OC)NCC(C)(C)N1CCCCC1.I. The number of ether oxygens (including phenoxy) is 3. The van der Waals surface area contributed by atoms with Gasteiger partial charge in [0.2, 0.25) is 5.75 Å². The predicted octanol–water partition coefficient (Wildman–Crippen LogP) is 3.30. The van der Waals surface area contributed by atoms with E-state index in [9.17, 15) is 0 Å². The normalized spacial score (nSPS) is 15.2. The molecule has 1 heterocycles. The van der Waals surface area contributed by atoms with Crippen molar-refractivity contribution in [2.75, 3.05) is 54.6 Å². The summed E-state index contributed by atoms with van der Waals surface area (Å²) in [6, 6.07) is 3.92. The maximum atomic E-state index is 5.57. The third-order valence-corrected chi connectivity index (χ3v) is 5.60. The average Bonchev–Trinajstić information content (AvgIpc) is 2.75. The van der Waals surface area contributed by atoms with Crippen LogP contribution in [-0.4, -0.2) is 71.0 Å². The van der Waals surface area contributed by atoms with Crippen molar-refractivity contribution in [3.8, 4) is 17.2 Å². The largest absolute Gasteiger partial charge is 0.493 e. The van der Waals surface area contributed by atoms with Gasteiger partial charge in [-0.05, 0) is 52.3 Å². The zero-order valence-electron chi connectivity index (χ0n) is 19.3. The first-order chi connectivity index (χ1) is 14.0. The summed E-state index contributed by atoms with van der Waals surface area (Å²) < 4.78 is 16.4. The highest BCUT2D eigenvalue weighted by Crippen LogP contribution is 2.39. The topological polar surface area (TPSA) is 67.4 Å². The van der Waals surface area contributed by atoms with Crippen molar-refractivity contribution in [3.05, 3.63) is 17.7 Å². The van der Waals surface area contributed by atoms with Crippen LogP contribution in [0.5, 0.6) is 17.2 Å². The number of halogens is 1. The molecule has 0 unspecified atom stereocenters. The Labute approximate surface area is 199 Å². The van der Waals surface area contributed by atoms with Crippen LogP contribution in [0.2, 0.25) is 0 Å². The number of hydrogen-bond acceptors (Lipinski definition) is 5. The molecular formula is C22H39IN4O3. The molecule has 8 heteroatoms. The molecule has 0 amide bonds. The molecule has 172 valence electrons. The summed E-state index contributed by atoms with van der Waals surface area (Å²) in [7, 11) is 6.70. The van der Waals surface area contributed by atoms with E-state index >= 15 is 0 Å². The first-order valence-electron chi connectivity index (χ1n) is 10.4. The Hall–Kier alpha value is -1.42. The molecule has 1 saturated heterocycles. The number of piperidine rings is 1. The summed E-state index contributed by atoms with van der Waals surface area (Å²) in [5.74, 6) is 2.81. The molecular weight excluding hydrogens is 495 g/mol. The highest BCUT2D eigenvalue weighted by molar-refractivity contribution is 14.0. The standard InChI is InChI=1S/C22H38N4O3.HI/c1-22(2,26-14-8-7-9-15-26)16-25-21(23-3)24-13-12-17-10-11-18(27-4)20(29-6)19(17)28-5;/h10-11H,7-9,12-16H2,1-6H3,(H2,23,24,25);1H. The Morgan fingerprint density at radius 2 is 1.67 bits per heavy atom. The van der Waals surface area contributed by atoms with Crippen LogP contribution >= 0.6 is 24.0 Å². The summed E-state index contributed by atoms with van der Waals surface area (Å²) in [4.78, 5) is 6.95. The van der Waals surface area contributed by atoms with Crippen molar-refractivity contribution in [2.24, 2.45) is 4.99 Å². The molecule has 1 aliphatic heterocycles. The number of nitrogens with one attached hydrogen (secondary N) is 2. The summed E-state index contributed by atoms with van der Waals surface area (Å²) in [6.45, 7) is 8.54. The lowest BCUT2D eigenvalue weighted by atomic mass is 9.98. The summed E-state index contributed by atoms with van der Waals surface area (Å²) >= 11 is 0. The van der Waals surface area contributed by atoms with E-state index in [0.717, 1.165) is 31.0 Å². The smallest absolute Gasteiger partial charge is 0.203 e. The van der Waals surface area contributed by atoms with Crippen molar-refractivity contribution >= 4 is 29.9 Å². The van der Waals surface area contributed by atoms with Gasteiger partial charge in [0.15, 0.2) is 17.5 Å². The molecule has 1 fully saturated rings. The highest BCUT2D eigenvalue weighted by Gasteiger charge is 2.27. The zero-order chi connectivity index (χ0) is 21.3. The van der Waals surface area contributed by atoms with Gasteiger partial charge in [0, 0.05) is 31.2 Å². The minimum absolute atomic E-state index is 0. The van der Waals surface area contributed by atoms with E-state index in [1.165, 1.54) is 32.4 Å². The number of hydrogen-bond donors (Lipinski definition) is 2. The number of aliphatic imine (C=N–C) groups is 1. The number of likely N-dealkylation sites (tertiary alicyclic amines) is 1. The lowest BCUT2D eigenvalue weighted by Gasteiger charge is -2.41. The molecule has 2 rings (SSSR count). The monoisotopic (exact) mass is 534 g/mol. The maximum absolute atomic E-state index is 5.57. The molecule has 0 spiro atoms. The average molecular weight is 534 g/mol. The van der Waals surface area contributed by atoms with E-state index in [2.05, 4.69) is 34.4 Å². The van der Waals surface area contributed by atoms with Crippen LogP contribution in [0.3, 0.4) is 0 Å². The van der Waals surface area contributed by atoms with Gasteiger partial charge in [0.25, 0.3) is 0 Å². The first kappa shape index (κ1) is 26.6. The Bertz CT molecular complexity index is 677. The van der Waals surface area contributed by atoms with Crippen LogP contribution in [0.4, 0.5) is 0 Å². The molecule has 0 aromatic heterocycles. The van der Waals surface area contributed by atoms with E-state index in [4.69, 9.17) is 14.2 Å². The van der Waals surface area contributed by atoms with Crippen molar-refractivity contribution < 1.29 is 14.2 Å². The molecule has 0 aliphatic carbocycles. The Balaban J connectivity index is 0.00000450. The number of methoxy groups -OCH3 is 3. The van der Waals surface area contributed by atoms with Gasteiger partial charge in [-0.25, -0.2) is 0 Å². The second-order valence-electron chi connectivity index (χ2n) is 7.96. The highest BCUT2D eigenvalue weighted by atomic mass is 127. The fourth-order valence-corrected chi connectivity index (χ4v) is 3.81. The Kier molecular flexibility index (Phi) is 11.6. The van der Waals surface area contributed by atoms with Gasteiger partial charge >= 0.3 is 0 Å². The second-order valence-corrected chi connectivity index (χ2v) is 7.96. The minimum atomic E-state index is 0. The van der Waals surface area contributed by atoms with Crippen LogP contribution < -0.4 is 24.8 Å². The van der Waals surface area contributed by atoms with E-state index in [0.29, 0.717) is 17.2 Å². The first-order valence-corrected chi connectivity index (χ1v) is 10.4. The minimum Gasteiger partial charge on any atom is -0.493 e. The van der Waals surface area contributed by atoms with Crippen LogP contribution in [0.15, 0.2) is 17.1 Å². The van der Waals surface area contributed by atoms with Gasteiger partial charge in [-0.1, -0.05) is 12.5 Å². The molecule has 0 saturated carbocycles. The maximum Gasteiger partial charge on any atom is 0.203 e. The molecule has 1 aliphatic rings. The van der Waals surface area contributed by atoms with Crippen molar-refractivity contribution in [1.82, 2.24) is 15.5 Å². The molecule has 7 nitrogen and oxygen atoms in total. The molecule has 2 N–H and O–H groups in total. The quantitative estimate of drug-likeness (QED) is 0.288. The number of benzene rings is 1. The molecule has 1 aromatic rings. The fraction of sp³-hybridized carbons (Fsp3) is 0.682. The van der Waals surface area contributed by atoms with E-state index in [1.807, 2.05) is 12.1 Å². The third-order valence-electron chi connectivity index (χ3n) is 5.60. The summed E-state index contributed by atoms with van der Waals surface area (Å²) in [6.07, 6.45) is 4.72. The van der Waals surface area contributed by atoms with Gasteiger partial charge in [-0.15, -0.1) is 24.0 Å². The fourth-order valence-electron chi connectivity index (χ4n) is 3.81. The van der Waals surface area contributed by atoms with Crippen LogP contribution in [0.25, 0.3) is 0 Å². The van der Waals surface area contributed by atoms with Gasteiger partial charge in [0.1, 0.15) is 0 Å². The van der Waals surface area contributed by atoms with Gasteiger partial charge < -0.3 is 24.8 Å². The van der Waals surface area contributed by atoms with Crippen molar-refractivity contribution in [2.45, 2.75) is 45.1 Å². The van der Waals surface area contributed by atoms with Crippen LogP contribution in [0, 0.1) is 0 Å². The summed E-state index contributed by atoms with van der Waals surface area (Å²) in [5.41, 5.74) is 1.16. The van der Waals surface area contributed by atoms with Crippen molar-refractivity contribution in [1.29, 1.82) is 0 Å². The van der Waals surface area contributed by atoms with Crippen LogP contribution in [0.1, 0.15) is 38.7 Å². The van der Waals surface area contributed by atoms with E-state index in [-0.39, 0.29) is 29.5 Å². The Morgan fingerprint density at radius 3 is 2.23 bits per heavy atom. The summed E-state index contributed by atoms with van der Waals surface area (Å²) in [5, 5.41) is 6.89. The number of guanidine groups is 1. The molecule has 0 radical (unpaired) electrons. The van der Waals surface area contributed by atoms with Crippen molar-refractivity contribution in [3.63, 3.8) is 0 Å². The lowest BCUT2D eigenvalue weighted by molar-refractivity contribution is 0.0982. The Morgan fingerprint density at radius 1 is 1.00 bits per heavy atom. The number of rotatable bonds is 9. The molecule has 30 heavy (non-hydrogen) atoms. The second kappa shape index (κ2) is 13.1. The van der Waals surface area contributed by atoms with E-state index < -0.39 is 0 Å². The van der Waals surface area contributed by atoms with Crippen LogP contribution in [-0.2, 0) is 6.42 Å². The third kappa shape index (κ3) is 7.08. The van der Waals surface area contributed by atoms with E-state index in [1.54, 1.807) is 28.4 Å². The predicted molar refractivity (Wildman–Crippen MR) is 134 cm³/mol. The molecule has 1 aromatic carbocycles. The lowest BCUT2D eigenvalue weighted by Crippen LogP contribution is -2.55.